The van der Waals surface area contributed by atoms with Crippen molar-refractivity contribution >= 4 is 59.6 Å². The largest absolute Gasteiger partial charge is 0.444 e. The Hall–Kier alpha value is -6.38. The molecule has 0 spiro atoms. The van der Waals surface area contributed by atoms with Gasteiger partial charge in [-0.05, 0) is 146 Å². The van der Waals surface area contributed by atoms with Crippen molar-refractivity contribution in [2.45, 2.75) is 181 Å². The lowest BCUT2D eigenvalue weighted by Crippen LogP contribution is -2.54. The van der Waals surface area contributed by atoms with Crippen molar-refractivity contribution in [2.75, 3.05) is 219 Å². The molecule has 0 saturated heterocycles. The average Bonchev–Trinajstić information content (AvgIpc) is 0.887. The van der Waals surface area contributed by atoms with Crippen molar-refractivity contribution in [1.29, 1.82) is 0 Å². The molecule has 0 aromatic carbocycles. The van der Waals surface area contributed by atoms with Crippen molar-refractivity contribution in [2.24, 2.45) is 0 Å². The van der Waals surface area contributed by atoms with Crippen LogP contribution in [-0.2, 0) is 105 Å². The summed E-state index contributed by atoms with van der Waals surface area (Å²) in [5, 5.41) is 22.4. The van der Waals surface area contributed by atoms with E-state index < -0.39 is 89.4 Å². The minimum atomic E-state index is -1.18. The van der Waals surface area contributed by atoms with Gasteiger partial charge >= 0.3 is 18.3 Å². The molecule has 10 amide bonds. The third-order valence-corrected chi connectivity index (χ3v) is 14.4. The van der Waals surface area contributed by atoms with Gasteiger partial charge in [0.25, 0.3) is 0 Å². The van der Waals surface area contributed by atoms with Crippen LogP contribution in [0, 0.1) is 0 Å². The van der Waals surface area contributed by atoms with Crippen LogP contribution in [-0.4, -0.2) is 324 Å². The zero-order valence-corrected chi connectivity index (χ0v) is 66.0. The molecule has 0 heterocycles. The fraction of sp³-hybridized carbons (Fsp3) is 0.859. The van der Waals surface area contributed by atoms with E-state index >= 15 is 0 Å². The molecule has 0 aromatic rings. The topological polar surface area (TPSA) is 412 Å². The van der Waals surface area contributed by atoms with Crippen molar-refractivity contribution < 1.29 is 119 Å². The summed E-state index contributed by atoms with van der Waals surface area (Å²) in [6.45, 7) is 21.2. The van der Waals surface area contributed by atoms with Crippen LogP contribution in [0.2, 0.25) is 0 Å². The van der Waals surface area contributed by atoms with E-state index in [0.717, 1.165) is 0 Å². The molecule has 0 aromatic heterocycles. The van der Waals surface area contributed by atoms with Crippen LogP contribution < -0.4 is 42.5 Å². The zero-order valence-electron chi connectivity index (χ0n) is 66.0. The number of unbranched alkanes of at least 4 members (excludes halogenated alkanes) is 4. The summed E-state index contributed by atoms with van der Waals surface area (Å²) in [4.78, 5) is 137. The van der Waals surface area contributed by atoms with Gasteiger partial charge in [0.05, 0.1) is 106 Å². The van der Waals surface area contributed by atoms with Gasteiger partial charge in [0.2, 0.25) is 41.4 Å². The molecule has 8 N–H and O–H groups in total. The highest BCUT2D eigenvalue weighted by Crippen LogP contribution is 2.15. The van der Waals surface area contributed by atoms with E-state index in [4.69, 9.17) is 71.1 Å². The maximum Gasteiger partial charge on any atom is 0.410 e. The first kappa shape index (κ1) is 99.6. The molecule has 0 radical (unpaired) electrons. The number of methoxy groups -OCH3 is 4. The second-order valence-corrected chi connectivity index (χ2v) is 27.5. The lowest BCUT2D eigenvalue weighted by Gasteiger charge is -2.29. The minimum absolute atomic E-state index is 0.0445. The van der Waals surface area contributed by atoms with Crippen LogP contribution in [0.5, 0.6) is 0 Å². The standard InChI is InChI=1S/C71H134N10O25/c1-69(2,3)104-66(89)76-31-23-35-81(68(91)106-71(7,8)9)33-21-20-32-80(67(90)105-70(4,5)6)34-22-30-75-64(87)57(79-65(88)58(78-62(85)55-103-51-47-99-43-39-95-13)26-15-18-28-73-60(83)53-101-49-45-97-41-37-93-11)25-16-19-29-74-63(86)56(77-61(84)54-102-50-46-98-42-38-94-12)24-14-17-27-72-59(82)52-100-48-44-96-40-36-92-10/h56-58H,14-55H2,1-13H3,(H,72,82)(H,73,83)(H,74,86)(H,75,87)(H,76,89)(H,77,84)(H,78,85)(H,79,88)/t56-,57-,58-/m0/s1. The average molecular weight is 1530 g/mol. The summed E-state index contributed by atoms with van der Waals surface area (Å²) >= 11 is 0. The third-order valence-electron chi connectivity index (χ3n) is 14.4. The number of hydrogen-bond acceptors (Lipinski definition) is 25. The Morgan fingerprint density at radius 2 is 0.557 bits per heavy atom. The number of alkyl carbamates (subject to hydrolysis) is 1. The molecule has 618 valence electrons. The summed E-state index contributed by atoms with van der Waals surface area (Å²) in [7, 11) is 6.22. The van der Waals surface area contributed by atoms with Gasteiger partial charge < -0.3 is 123 Å². The normalized spacial score (nSPS) is 12.4. The van der Waals surface area contributed by atoms with Crippen molar-refractivity contribution in [3.8, 4) is 0 Å². The molecule has 0 unspecified atom stereocenters. The molecule has 0 fully saturated rings. The Labute approximate surface area is 629 Å². The van der Waals surface area contributed by atoms with E-state index in [1.165, 1.54) is 4.90 Å². The molecule has 0 saturated carbocycles. The molecule has 35 nitrogen and oxygen atoms in total. The van der Waals surface area contributed by atoms with E-state index in [1.54, 1.807) is 95.7 Å². The Morgan fingerprint density at radius 3 is 0.896 bits per heavy atom. The molecule has 0 bridgehead atoms. The quantitative estimate of drug-likeness (QED) is 0.0320. The first-order chi connectivity index (χ1) is 50.5. The summed E-state index contributed by atoms with van der Waals surface area (Å²) < 4.78 is 80.1. The molecule has 35 heteroatoms. The van der Waals surface area contributed by atoms with Crippen LogP contribution in [0.4, 0.5) is 14.4 Å². The molecule has 0 aliphatic carbocycles. The molecular formula is C71H134N10O25. The van der Waals surface area contributed by atoms with E-state index in [1.807, 2.05) is 0 Å². The van der Waals surface area contributed by atoms with Crippen LogP contribution in [0.1, 0.15) is 146 Å². The van der Waals surface area contributed by atoms with Crippen LogP contribution in [0.15, 0.2) is 0 Å². The highest BCUT2D eigenvalue weighted by molar-refractivity contribution is 5.92. The molecule has 0 aliphatic rings. The number of nitrogens with one attached hydrogen (secondary N) is 8. The highest BCUT2D eigenvalue weighted by atomic mass is 16.6. The number of ether oxygens (including phenoxy) is 15. The minimum Gasteiger partial charge on any atom is -0.444 e. The first-order valence-corrected chi connectivity index (χ1v) is 37.0. The fourth-order valence-corrected chi connectivity index (χ4v) is 9.20. The SMILES string of the molecule is COCCOCCOCC(=O)NCCCC[C@H](NC(=O)COCCOCCOC)C(=O)NCCCC[C@H](NC(=O)[C@H](CCCCNC(=O)COCCOCCOC)NC(=O)COCCOCCOC)C(=O)NCCCN(CCCCN(CCCNC(=O)OC(C)(C)C)C(=O)OC(C)(C)C)C(=O)OC(C)(C)C. The van der Waals surface area contributed by atoms with Gasteiger partial charge in [0.15, 0.2) is 0 Å². The number of carbonyl (C=O) groups is 10. The van der Waals surface area contributed by atoms with Crippen molar-refractivity contribution in [1.82, 2.24) is 52.3 Å². The summed E-state index contributed by atoms with van der Waals surface area (Å²) in [5.74, 6) is -3.56. The Bertz CT molecular complexity index is 2370. The molecule has 3 atom stereocenters. The van der Waals surface area contributed by atoms with Gasteiger partial charge in [-0.2, -0.15) is 0 Å². The van der Waals surface area contributed by atoms with Gasteiger partial charge in [-0.25, -0.2) is 14.4 Å². The van der Waals surface area contributed by atoms with Gasteiger partial charge in [0.1, 0.15) is 61.4 Å². The smallest absolute Gasteiger partial charge is 0.410 e. The predicted octanol–water partition coefficient (Wildman–Crippen LogP) is 2.69. The number of carbonyl (C=O) groups excluding carboxylic acids is 10. The second kappa shape index (κ2) is 63.5. The maximum atomic E-state index is 14.5. The summed E-state index contributed by atoms with van der Waals surface area (Å²) in [6.07, 6.45) is 2.50. The van der Waals surface area contributed by atoms with E-state index in [2.05, 4.69) is 42.5 Å². The predicted molar refractivity (Wildman–Crippen MR) is 392 cm³/mol. The van der Waals surface area contributed by atoms with Crippen molar-refractivity contribution in [3.63, 3.8) is 0 Å². The van der Waals surface area contributed by atoms with Crippen LogP contribution in [0.25, 0.3) is 0 Å². The lowest BCUT2D eigenvalue weighted by molar-refractivity contribution is -0.134. The van der Waals surface area contributed by atoms with Gasteiger partial charge in [-0.15, -0.1) is 0 Å². The number of amides is 10. The fourth-order valence-electron chi connectivity index (χ4n) is 9.20. The molecule has 0 rings (SSSR count). The van der Waals surface area contributed by atoms with E-state index in [0.29, 0.717) is 111 Å². The van der Waals surface area contributed by atoms with Crippen molar-refractivity contribution in [3.05, 3.63) is 0 Å². The van der Waals surface area contributed by atoms with Gasteiger partial charge in [-0.3, -0.25) is 33.6 Å². The number of nitrogens with zero attached hydrogens (tertiary/aromatic N) is 2. The monoisotopic (exact) mass is 1530 g/mol. The van der Waals surface area contributed by atoms with E-state index in [9.17, 15) is 47.9 Å². The maximum absolute atomic E-state index is 14.5. The molecular weight excluding hydrogens is 1390 g/mol. The Kier molecular flexibility index (Phi) is 59.7. The van der Waals surface area contributed by atoms with Gasteiger partial charge in [-0.1, -0.05) is 0 Å². The number of rotatable bonds is 66. The van der Waals surface area contributed by atoms with Crippen LogP contribution in [0.3, 0.4) is 0 Å². The van der Waals surface area contributed by atoms with Gasteiger partial charge in [0, 0.05) is 87.3 Å². The van der Waals surface area contributed by atoms with E-state index in [-0.39, 0.29) is 169 Å². The number of hydrogen-bond donors (Lipinski definition) is 8. The molecule has 0 aliphatic heterocycles. The summed E-state index contributed by atoms with van der Waals surface area (Å²) in [5.41, 5.74) is -2.30. The Morgan fingerprint density at radius 1 is 0.283 bits per heavy atom. The highest BCUT2D eigenvalue weighted by Gasteiger charge is 2.29. The zero-order chi connectivity index (χ0) is 79.1. The Balaban J connectivity index is 6.64. The third kappa shape index (κ3) is 61.6. The first-order valence-electron chi connectivity index (χ1n) is 37.0. The lowest BCUT2D eigenvalue weighted by atomic mass is 10.0. The van der Waals surface area contributed by atoms with Crippen LogP contribution >= 0.6 is 0 Å². The second-order valence-electron chi connectivity index (χ2n) is 27.5. The summed E-state index contributed by atoms with van der Waals surface area (Å²) in [6, 6.07) is -3.33. The molecule has 106 heavy (non-hydrogen) atoms.